The molecule has 1 N–H and O–H groups in total. The van der Waals surface area contributed by atoms with E-state index in [2.05, 4.69) is 15.3 Å². The fraction of sp³-hybridized carbons (Fsp3) is 0.167. The van der Waals surface area contributed by atoms with Crippen LogP contribution in [0.25, 0.3) is 0 Å². The minimum absolute atomic E-state index is 0.0279. The van der Waals surface area contributed by atoms with Gasteiger partial charge < -0.3 is 5.32 Å². The highest BCUT2D eigenvalue weighted by atomic mass is 35.5. The third kappa shape index (κ3) is 2.38. The standard InChI is InChI=1S/C12H12ClN3/c1-14-11(12-15-6-3-7-16-12)9-4-2-5-10(13)8-9/h2-8,11,14H,1H3. The topological polar surface area (TPSA) is 37.8 Å². The molecular weight excluding hydrogens is 222 g/mol. The zero-order valence-electron chi connectivity index (χ0n) is 8.89. The third-order valence-electron chi connectivity index (χ3n) is 2.31. The van der Waals surface area contributed by atoms with Crippen molar-refractivity contribution in [2.24, 2.45) is 0 Å². The van der Waals surface area contributed by atoms with Crippen LogP contribution in [-0.4, -0.2) is 17.0 Å². The fourth-order valence-electron chi connectivity index (χ4n) is 1.59. The Morgan fingerprint density at radius 3 is 2.56 bits per heavy atom. The number of halogens is 1. The summed E-state index contributed by atoms with van der Waals surface area (Å²) in [6.45, 7) is 0. The van der Waals surface area contributed by atoms with Crippen molar-refractivity contribution < 1.29 is 0 Å². The summed E-state index contributed by atoms with van der Waals surface area (Å²) in [4.78, 5) is 8.48. The first-order valence-corrected chi connectivity index (χ1v) is 5.38. The highest BCUT2D eigenvalue weighted by Crippen LogP contribution is 2.21. The lowest BCUT2D eigenvalue weighted by atomic mass is 10.1. The Bertz CT molecular complexity index is 459. The minimum atomic E-state index is -0.0279. The van der Waals surface area contributed by atoms with E-state index in [1.54, 1.807) is 18.5 Å². The molecule has 1 heterocycles. The molecule has 16 heavy (non-hydrogen) atoms. The molecule has 0 saturated heterocycles. The molecule has 0 amide bonds. The zero-order valence-corrected chi connectivity index (χ0v) is 9.65. The van der Waals surface area contributed by atoms with E-state index in [4.69, 9.17) is 11.6 Å². The second-order valence-corrected chi connectivity index (χ2v) is 3.82. The molecular formula is C12H12ClN3. The van der Waals surface area contributed by atoms with Crippen molar-refractivity contribution in [1.29, 1.82) is 0 Å². The Labute approximate surface area is 99.5 Å². The smallest absolute Gasteiger partial charge is 0.149 e. The van der Waals surface area contributed by atoms with Crippen molar-refractivity contribution >= 4 is 11.6 Å². The lowest BCUT2D eigenvalue weighted by Crippen LogP contribution is -2.19. The maximum absolute atomic E-state index is 5.96. The lowest BCUT2D eigenvalue weighted by Gasteiger charge is -2.14. The molecule has 1 aromatic carbocycles. The maximum atomic E-state index is 5.96. The van der Waals surface area contributed by atoms with Gasteiger partial charge in [0.05, 0.1) is 6.04 Å². The third-order valence-corrected chi connectivity index (χ3v) is 2.55. The van der Waals surface area contributed by atoms with Gasteiger partial charge >= 0.3 is 0 Å². The van der Waals surface area contributed by atoms with Crippen LogP contribution in [0.4, 0.5) is 0 Å². The SMILES string of the molecule is CNC(c1cccc(Cl)c1)c1ncccn1. The van der Waals surface area contributed by atoms with Gasteiger partial charge in [-0.3, -0.25) is 0 Å². The average Bonchev–Trinajstić information content (AvgIpc) is 2.31. The highest BCUT2D eigenvalue weighted by molar-refractivity contribution is 6.30. The minimum Gasteiger partial charge on any atom is -0.307 e. The molecule has 82 valence electrons. The Kier molecular flexibility index (Phi) is 3.49. The number of benzene rings is 1. The van der Waals surface area contributed by atoms with Crippen LogP contribution in [-0.2, 0) is 0 Å². The number of hydrogen-bond acceptors (Lipinski definition) is 3. The van der Waals surface area contributed by atoms with Crippen LogP contribution in [0, 0.1) is 0 Å². The van der Waals surface area contributed by atoms with Gasteiger partial charge in [-0.25, -0.2) is 9.97 Å². The molecule has 0 saturated carbocycles. The molecule has 2 aromatic rings. The second kappa shape index (κ2) is 5.05. The van der Waals surface area contributed by atoms with Gasteiger partial charge in [-0.2, -0.15) is 0 Å². The van der Waals surface area contributed by atoms with E-state index in [1.807, 2.05) is 31.3 Å². The van der Waals surface area contributed by atoms with Crippen molar-refractivity contribution in [3.8, 4) is 0 Å². The van der Waals surface area contributed by atoms with Crippen molar-refractivity contribution in [3.05, 3.63) is 59.1 Å². The summed E-state index contributed by atoms with van der Waals surface area (Å²) in [5, 5.41) is 3.89. The van der Waals surface area contributed by atoms with Gasteiger partial charge in [-0.1, -0.05) is 23.7 Å². The normalized spacial score (nSPS) is 12.4. The van der Waals surface area contributed by atoms with Crippen molar-refractivity contribution in [2.75, 3.05) is 7.05 Å². The molecule has 0 fully saturated rings. The Hall–Kier alpha value is -1.45. The van der Waals surface area contributed by atoms with Crippen LogP contribution in [0.3, 0.4) is 0 Å². The summed E-state index contributed by atoms with van der Waals surface area (Å²) in [6.07, 6.45) is 3.47. The van der Waals surface area contributed by atoms with E-state index in [0.29, 0.717) is 5.02 Å². The lowest BCUT2D eigenvalue weighted by molar-refractivity contribution is 0.646. The first-order valence-electron chi connectivity index (χ1n) is 5.01. The Morgan fingerprint density at radius 1 is 1.19 bits per heavy atom. The molecule has 1 atom stereocenters. The van der Waals surface area contributed by atoms with Crippen LogP contribution in [0.5, 0.6) is 0 Å². The molecule has 0 aliphatic heterocycles. The summed E-state index contributed by atoms with van der Waals surface area (Å²) < 4.78 is 0. The zero-order chi connectivity index (χ0) is 11.4. The highest BCUT2D eigenvalue weighted by Gasteiger charge is 2.14. The average molecular weight is 234 g/mol. The van der Waals surface area contributed by atoms with E-state index in [9.17, 15) is 0 Å². The van der Waals surface area contributed by atoms with Crippen molar-refractivity contribution in [3.63, 3.8) is 0 Å². The van der Waals surface area contributed by atoms with Crippen LogP contribution in [0.15, 0.2) is 42.7 Å². The van der Waals surface area contributed by atoms with Gasteiger partial charge in [-0.15, -0.1) is 0 Å². The van der Waals surface area contributed by atoms with Crippen molar-refractivity contribution in [1.82, 2.24) is 15.3 Å². The summed E-state index contributed by atoms with van der Waals surface area (Å²) in [6, 6.07) is 9.46. The molecule has 2 rings (SSSR count). The number of nitrogens with one attached hydrogen (secondary N) is 1. The largest absolute Gasteiger partial charge is 0.307 e. The van der Waals surface area contributed by atoms with Crippen LogP contribution in [0.1, 0.15) is 17.4 Å². The van der Waals surface area contributed by atoms with Crippen LogP contribution in [0.2, 0.25) is 5.02 Å². The van der Waals surface area contributed by atoms with Crippen LogP contribution < -0.4 is 5.32 Å². The molecule has 0 spiro atoms. The van der Waals surface area contributed by atoms with E-state index in [0.717, 1.165) is 11.4 Å². The number of nitrogens with zero attached hydrogens (tertiary/aromatic N) is 2. The monoisotopic (exact) mass is 233 g/mol. The van der Waals surface area contributed by atoms with Gasteiger partial charge in [-0.05, 0) is 30.8 Å². The molecule has 0 radical (unpaired) electrons. The number of hydrogen-bond donors (Lipinski definition) is 1. The predicted molar refractivity (Wildman–Crippen MR) is 64.4 cm³/mol. The van der Waals surface area contributed by atoms with Gasteiger partial charge in [0, 0.05) is 17.4 Å². The quantitative estimate of drug-likeness (QED) is 0.885. The fourth-order valence-corrected chi connectivity index (χ4v) is 1.79. The maximum Gasteiger partial charge on any atom is 0.149 e. The van der Waals surface area contributed by atoms with Crippen molar-refractivity contribution in [2.45, 2.75) is 6.04 Å². The van der Waals surface area contributed by atoms with Crippen LogP contribution >= 0.6 is 11.6 Å². The van der Waals surface area contributed by atoms with E-state index in [-0.39, 0.29) is 6.04 Å². The number of rotatable bonds is 3. The predicted octanol–water partition coefficient (Wildman–Crippen LogP) is 2.44. The summed E-state index contributed by atoms with van der Waals surface area (Å²) in [5.41, 5.74) is 1.06. The van der Waals surface area contributed by atoms with Gasteiger partial charge in [0.2, 0.25) is 0 Å². The van der Waals surface area contributed by atoms with E-state index >= 15 is 0 Å². The molecule has 3 nitrogen and oxygen atoms in total. The van der Waals surface area contributed by atoms with E-state index in [1.165, 1.54) is 0 Å². The Morgan fingerprint density at radius 2 is 1.94 bits per heavy atom. The second-order valence-electron chi connectivity index (χ2n) is 3.38. The molecule has 0 aliphatic rings. The number of aromatic nitrogens is 2. The van der Waals surface area contributed by atoms with E-state index < -0.39 is 0 Å². The van der Waals surface area contributed by atoms with Gasteiger partial charge in [0.15, 0.2) is 0 Å². The molecule has 1 aromatic heterocycles. The van der Waals surface area contributed by atoms with Gasteiger partial charge in [0.25, 0.3) is 0 Å². The molecule has 4 heteroatoms. The molecule has 0 aliphatic carbocycles. The summed E-state index contributed by atoms with van der Waals surface area (Å²) in [7, 11) is 1.88. The molecule has 0 bridgehead atoms. The van der Waals surface area contributed by atoms with Gasteiger partial charge in [0.1, 0.15) is 5.82 Å². The summed E-state index contributed by atoms with van der Waals surface area (Å²) >= 11 is 5.96. The first-order chi connectivity index (χ1) is 7.81. The Balaban J connectivity index is 2.37. The molecule has 1 unspecified atom stereocenters. The first kappa shape index (κ1) is 11.0. The summed E-state index contributed by atoms with van der Waals surface area (Å²) in [5.74, 6) is 0.743.